The number of carbonyl (C=O) groups excluding carboxylic acids is 1. The molecule has 0 amide bonds. The van der Waals surface area contributed by atoms with E-state index in [0.717, 1.165) is 6.20 Å². The molecule has 8 nitrogen and oxygen atoms in total. The van der Waals surface area contributed by atoms with Crippen molar-refractivity contribution in [1.29, 1.82) is 0 Å². The fourth-order valence-corrected chi connectivity index (χ4v) is 1.55. The van der Waals surface area contributed by atoms with Crippen molar-refractivity contribution >= 4 is 5.97 Å². The Morgan fingerprint density at radius 1 is 1.41 bits per heavy atom. The number of esters is 1. The van der Waals surface area contributed by atoms with Crippen LogP contribution >= 0.6 is 0 Å². The highest BCUT2D eigenvalue weighted by atomic mass is 19.4. The van der Waals surface area contributed by atoms with E-state index in [1.54, 1.807) is 5.10 Å². The van der Waals surface area contributed by atoms with Crippen LogP contribution in [0, 0.1) is 0 Å². The lowest BCUT2D eigenvalue weighted by molar-refractivity contribution is -0.141. The summed E-state index contributed by atoms with van der Waals surface area (Å²) in [5.74, 6) is -1.42. The third-order valence-electron chi connectivity index (χ3n) is 2.52. The Kier molecular flexibility index (Phi) is 3.89. The van der Waals surface area contributed by atoms with Crippen molar-refractivity contribution in [3.05, 3.63) is 44.2 Å². The molecule has 0 bridgehead atoms. The SMILES string of the molecule is CCOC(=O)c1cnc(-n2[nH]c(C(F)(F)F)cc2=O)[nH]c1=O. The molecule has 2 aromatic heterocycles. The lowest BCUT2D eigenvalue weighted by atomic mass is 10.3. The van der Waals surface area contributed by atoms with Gasteiger partial charge in [0, 0.05) is 6.07 Å². The number of carbonyl (C=O) groups is 1. The van der Waals surface area contributed by atoms with Gasteiger partial charge in [0.15, 0.2) is 0 Å². The molecule has 22 heavy (non-hydrogen) atoms. The standard InChI is InChI=1S/C11H9F3N4O4/c1-2-22-9(21)5-4-15-10(16-8(5)20)18-7(19)3-6(17-18)11(12,13)14/h3-4,17H,2H2,1H3,(H,15,16,20). The molecule has 0 spiro atoms. The Morgan fingerprint density at radius 3 is 2.59 bits per heavy atom. The smallest absolute Gasteiger partial charge is 0.432 e. The summed E-state index contributed by atoms with van der Waals surface area (Å²) in [4.78, 5) is 40.2. The number of halogens is 3. The van der Waals surface area contributed by atoms with Crippen molar-refractivity contribution in [2.75, 3.05) is 6.61 Å². The van der Waals surface area contributed by atoms with Crippen LogP contribution in [-0.4, -0.2) is 32.3 Å². The summed E-state index contributed by atoms with van der Waals surface area (Å²) in [6, 6.07) is 0.319. The second-order valence-corrected chi connectivity index (χ2v) is 4.01. The van der Waals surface area contributed by atoms with E-state index in [4.69, 9.17) is 0 Å². The van der Waals surface area contributed by atoms with Crippen LogP contribution in [0.2, 0.25) is 0 Å². The number of ether oxygens (including phenoxy) is 1. The number of aromatic nitrogens is 4. The van der Waals surface area contributed by atoms with Crippen LogP contribution in [0.25, 0.3) is 5.95 Å². The quantitative estimate of drug-likeness (QED) is 0.798. The topological polar surface area (TPSA) is 110 Å². The number of alkyl halides is 3. The second kappa shape index (κ2) is 5.50. The third-order valence-corrected chi connectivity index (χ3v) is 2.52. The van der Waals surface area contributed by atoms with Gasteiger partial charge in [-0.15, -0.1) is 0 Å². The molecule has 2 aromatic rings. The number of aromatic amines is 2. The van der Waals surface area contributed by atoms with Crippen LogP contribution in [0.3, 0.4) is 0 Å². The molecular weight excluding hydrogens is 309 g/mol. The number of hydrogen-bond acceptors (Lipinski definition) is 5. The van der Waals surface area contributed by atoms with E-state index < -0.39 is 40.5 Å². The monoisotopic (exact) mass is 318 g/mol. The molecule has 2 heterocycles. The Morgan fingerprint density at radius 2 is 2.09 bits per heavy atom. The summed E-state index contributed by atoms with van der Waals surface area (Å²) in [7, 11) is 0. The first-order valence-electron chi connectivity index (χ1n) is 5.90. The van der Waals surface area contributed by atoms with Crippen molar-refractivity contribution in [2.45, 2.75) is 13.1 Å². The lowest BCUT2D eigenvalue weighted by Crippen LogP contribution is -2.25. The van der Waals surface area contributed by atoms with Gasteiger partial charge in [-0.1, -0.05) is 0 Å². The van der Waals surface area contributed by atoms with Crippen molar-refractivity contribution in [3.63, 3.8) is 0 Å². The maximum absolute atomic E-state index is 12.5. The molecule has 0 aliphatic carbocycles. The number of hydrogen-bond donors (Lipinski definition) is 2. The lowest BCUT2D eigenvalue weighted by Gasteiger charge is -2.04. The van der Waals surface area contributed by atoms with Gasteiger partial charge in [-0.2, -0.15) is 17.9 Å². The molecule has 0 saturated heterocycles. The number of nitrogens with zero attached hydrogens (tertiary/aromatic N) is 2. The fourth-order valence-electron chi connectivity index (χ4n) is 1.55. The minimum atomic E-state index is -4.75. The van der Waals surface area contributed by atoms with Gasteiger partial charge in [0.05, 0.1) is 12.8 Å². The number of rotatable bonds is 3. The molecule has 0 aliphatic heterocycles. The van der Waals surface area contributed by atoms with Crippen molar-refractivity contribution < 1.29 is 22.7 Å². The average Bonchev–Trinajstić information content (AvgIpc) is 2.81. The molecule has 2 N–H and O–H groups in total. The van der Waals surface area contributed by atoms with E-state index in [-0.39, 0.29) is 6.61 Å². The normalized spacial score (nSPS) is 11.5. The summed E-state index contributed by atoms with van der Waals surface area (Å²) >= 11 is 0. The van der Waals surface area contributed by atoms with Gasteiger partial charge in [0.25, 0.3) is 11.1 Å². The van der Waals surface area contributed by atoms with Gasteiger partial charge < -0.3 is 4.74 Å². The third kappa shape index (κ3) is 2.92. The Balaban J connectivity index is 2.46. The molecular formula is C11H9F3N4O4. The van der Waals surface area contributed by atoms with Gasteiger partial charge in [0.2, 0.25) is 5.95 Å². The summed E-state index contributed by atoms with van der Waals surface area (Å²) in [5.41, 5.74) is -3.74. The summed E-state index contributed by atoms with van der Waals surface area (Å²) in [5, 5.41) is 1.77. The molecule has 0 saturated carbocycles. The molecule has 0 unspecified atom stereocenters. The predicted octanol–water partition coefficient (Wildman–Crippen LogP) is 0.444. The molecule has 0 aromatic carbocycles. The van der Waals surface area contributed by atoms with Crippen LogP contribution in [0.4, 0.5) is 13.2 Å². The zero-order valence-electron chi connectivity index (χ0n) is 11.0. The van der Waals surface area contributed by atoms with E-state index in [1.807, 2.05) is 4.98 Å². The molecule has 0 atom stereocenters. The molecule has 118 valence electrons. The van der Waals surface area contributed by atoms with Crippen LogP contribution in [0.5, 0.6) is 0 Å². The van der Waals surface area contributed by atoms with E-state index in [2.05, 4.69) is 9.72 Å². The summed E-state index contributed by atoms with van der Waals surface area (Å²) in [6.45, 7) is 1.57. The highest BCUT2D eigenvalue weighted by Gasteiger charge is 2.34. The Labute approximate surface area is 119 Å². The zero-order valence-corrected chi connectivity index (χ0v) is 11.0. The van der Waals surface area contributed by atoms with Crippen molar-refractivity contribution in [3.8, 4) is 5.95 Å². The van der Waals surface area contributed by atoms with Crippen LogP contribution in [0.1, 0.15) is 23.0 Å². The second-order valence-electron chi connectivity index (χ2n) is 4.01. The Hall–Kier alpha value is -2.85. The van der Waals surface area contributed by atoms with Crippen molar-refractivity contribution in [2.24, 2.45) is 0 Å². The highest BCUT2D eigenvalue weighted by Crippen LogP contribution is 2.26. The number of H-pyrrole nitrogens is 2. The van der Waals surface area contributed by atoms with Gasteiger partial charge in [-0.25, -0.2) is 9.78 Å². The van der Waals surface area contributed by atoms with Crippen LogP contribution in [-0.2, 0) is 10.9 Å². The molecule has 11 heteroatoms. The van der Waals surface area contributed by atoms with Crippen LogP contribution < -0.4 is 11.1 Å². The molecule has 0 radical (unpaired) electrons. The number of nitrogens with one attached hydrogen (secondary N) is 2. The predicted molar refractivity (Wildman–Crippen MR) is 65.8 cm³/mol. The maximum Gasteiger partial charge on any atom is 0.432 e. The first kappa shape index (κ1) is 15.5. The molecule has 2 rings (SSSR count). The zero-order chi connectivity index (χ0) is 16.5. The minimum Gasteiger partial charge on any atom is -0.462 e. The largest absolute Gasteiger partial charge is 0.462 e. The van der Waals surface area contributed by atoms with Crippen molar-refractivity contribution in [1.82, 2.24) is 19.7 Å². The minimum absolute atomic E-state index is 0.0328. The van der Waals surface area contributed by atoms with Gasteiger partial charge in [-0.05, 0) is 6.92 Å². The van der Waals surface area contributed by atoms with Gasteiger partial charge in [-0.3, -0.25) is 19.7 Å². The Bertz CT molecular complexity index is 818. The van der Waals surface area contributed by atoms with Crippen LogP contribution in [0.15, 0.2) is 21.9 Å². The average molecular weight is 318 g/mol. The first-order chi connectivity index (χ1) is 10.2. The first-order valence-corrected chi connectivity index (χ1v) is 5.90. The fraction of sp³-hybridized carbons (Fsp3) is 0.273. The van der Waals surface area contributed by atoms with E-state index >= 15 is 0 Å². The maximum atomic E-state index is 12.5. The van der Waals surface area contributed by atoms with E-state index in [0.29, 0.717) is 10.7 Å². The van der Waals surface area contributed by atoms with E-state index in [9.17, 15) is 27.6 Å². The van der Waals surface area contributed by atoms with E-state index in [1.165, 1.54) is 6.92 Å². The molecule has 0 fully saturated rings. The summed E-state index contributed by atoms with van der Waals surface area (Å²) in [6.07, 6.45) is -3.94. The molecule has 0 aliphatic rings. The highest BCUT2D eigenvalue weighted by molar-refractivity contribution is 5.88. The van der Waals surface area contributed by atoms with Gasteiger partial charge >= 0.3 is 12.1 Å². The van der Waals surface area contributed by atoms with Gasteiger partial charge in [0.1, 0.15) is 11.3 Å². The summed E-state index contributed by atoms with van der Waals surface area (Å²) < 4.78 is 42.5.